The van der Waals surface area contributed by atoms with Gasteiger partial charge >= 0.3 is 0 Å². The molecule has 0 saturated heterocycles. The lowest BCUT2D eigenvalue weighted by Gasteiger charge is -2.34. The van der Waals surface area contributed by atoms with Crippen LogP contribution in [0.2, 0.25) is 0 Å². The fraction of sp³-hybridized carbons (Fsp3) is 0.722. The lowest BCUT2D eigenvalue weighted by molar-refractivity contribution is 0.166. The van der Waals surface area contributed by atoms with E-state index in [0.717, 1.165) is 31.9 Å². The van der Waals surface area contributed by atoms with Crippen LogP contribution in [0.1, 0.15) is 46.2 Å². The van der Waals surface area contributed by atoms with Crippen LogP contribution in [-0.2, 0) is 6.54 Å². The molecule has 0 saturated carbocycles. The zero-order valence-electron chi connectivity index (χ0n) is 14.5. The summed E-state index contributed by atoms with van der Waals surface area (Å²) in [6.45, 7) is 13.4. The van der Waals surface area contributed by atoms with E-state index >= 15 is 0 Å². The highest BCUT2D eigenvalue weighted by molar-refractivity contribution is 5.03. The summed E-state index contributed by atoms with van der Waals surface area (Å²) in [6.07, 6.45) is 4.36. The molecule has 0 radical (unpaired) electrons. The van der Waals surface area contributed by atoms with E-state index in [0.29, 0.717) is 11.3 Å². The number of hydrogen-bond acceptors (Lipinski definition) is 3. The Bertz CT molecular complexity index is 377. The molecule has 1 rings (SSSR count). The van der Waals surface area contributed by atoms with Gasteiger partial charge < -0.3 is 5.32 Å². The quantitative estimate of drug-likeness (QED) is 0.714. The van der Waals surface area contributed by atoms with Gasteiger partial charge in [-0.05, 0) is 43.5 Å². The summed E-state index contributed by atoms with van der Waals surface area (Å²) >= 11 is 0. The Morgan fingerprint density at radius 2 is 2.10 bits per heavy atom. The van der Waals surface area contributed by atoms with Crippen LogP contribution in [0.3, 0.4) is 0 Å². The zero-order valence-corrected chi connectivity index (χ0v) is 14.5. The summed E-state index contributed by atoms with van der Waals surface area (Å²) in [7, 11) is 2.20. The first-order chi connectivity index (χ1) is 9.95. The van der Waals surface area contributed by atoms with Crippen molar-refractivity contribution >= 4 is 0 Å². The molecule has 1 atom stereocenters. The van der Waals surface area contributed by atoms with Crippen LogP contribution in [0.25, 0.3) is 0 Å². The normalized spacial score (nSPS) is 14.6. The van der Waals surface area contributed by atoms with Crippen molar-refractivity contribution in [3.63, 3.8) is 0 Å². The van der Waals surface area contributed by atoms with Crippen molar-refractivity contribution in [2.45, 2.75) is 47.1 Å². The van der Waals surface area contributed by atoms with Crippen molar-refractivity contribution in [1.82, 2.24) is 15.2 Å². The maximum atomic E-state index is 4.42. The number of rotatable bonds is 10. The maximum absolute atomic E-state index is 4.42. The molecule has 0 spiro atoms. The highest BCUT2D eigenvalue weighted by Gasteiger charge is 2.25. The van der Waals surface area contributed by atoms with Gasteiger partial charge in [0.1, 0.15) is 0 Å². The molecular weight excluding hydrogens is 258 g/mol. The van der Waals surface area contributed by atoms with E-state index < -0.39 is 0 Å². The molecule has 21 heavy (non-hydrogen) atoms. The van der Waals surface area contributed by atoms with E-state index in [2.05, 4.69) is 62.1 Å². The second-order valence-corrected chi connectivity index (χ2v) is 7.08. The van der Waals surface area contributed by atoms with Crippen LogP contribution in [0.5, 0.6) is 0 Å². The first kappa shape index (κ1) is 18.1. The first-order valence-electron chi connectivity index (χ1n) is 8.24. The minimum Gasteiger partial charge on any atom is -0.316 e. The van der Waals surface area contributed by atoms with Gasteiger partial charge in [-0.1, -0.05) is 40.2 Å². The van der Waals surface area contributed by atoms with Gasteiger partial charge in [-0.25, -0.2) is 0 Å². The third kappa shape index (κ3) is 7.58. The SMILES string of the molecule is CCCC(C)(CNCC(C)C)CN(C)Cc1ccccn1. The van der Waals surface area contributed by atoms with Crippen molar-refractivity contribution in [2.75, 3.05) is 26.7 Å². The number of nitrogens with zero attached hydrogens (tertiary/aromatic N) is 2. The lowest BCUT2D eigenvalue weighted by atomic mass is 9.84. The fourth-order valence-corrected chi connectivity index (χ4v) is 2.97. The largest absolute Gasteiger partial charge is 0.316 e. The molecule has 1 aromatic rings. The number of hydrogen-bond donors (Lipinski definition) is 1. The van der Waals surface area contributed by atoms with Crippen LogP contribution in [0, 0.1) is 11.3 Å². The topological polar surface area (TPSA) is 28.2 Å². The van der Waals surface area contributed by atoms with Crippen molar-refractivity contribution in [3.8, 4) is 0 Å². The Balaban J connectivity index is 2.51. The average molecular weight is 291 g/mol. The predicted molar refractivity (Wildman–Crippen MR) is 91.3 cm³/mol. The summed E-state index contributed by atoms with van der Waals surface area (Å²) in [5.74, 6) is 0.710. The summed E-state index contributed by atoms with van der Waals surface area (Å²) in [5, 5.41) is 3.64. The molecule has 1 heterocycles. The molecule has 0 aliphatic carbocycles. The van der Waals surface area contributed by atoms with Gasteiger partial charge in [0.25, 0.3) is 0 Å². The second kappa shape index (κ2) is 9.16. The van der Waals surface area contributed by atoms with Crippen LogP contribution in [-0.4, -0.2) is 36.6 Å². The number of aromatic nitrogens is 1. The van der Waals surface area contributed by atoms with Gasteiger partial charge in [-0.3, -0.25) is 9.88 Å². The Morgan fingerprint density at radius 3 is 2.67 bits per heavy atom. The first-order valence-corrected chi connectivity index (χ1v) is 8.24. The number of nitrogens with one attached hydrogen (secondary N) is 1. The van der Waals surface area contributed by atoms with Crippen LogP contribution < -0.4 is 5.32 Å². The molecule has 3 nitrogen and oxygen atoms in total. The highest BCUT2D eigenvalue weighted by Crippen LogP contribution is 2.24. The smallest absolute Gasteiger partial charge is 0.0543 e. The molecule has 1 aromatic heterocycles. The van der Waals surface area contributed by atoms with Gasteiger partial charge in [0, 0.05) is 25.8 Å². The fourth-order valence-electron chi connectivity index (χ4n) is 2.97. The summed E-state index contributed by atoms with van der Waals surface area (Å²) in [6, 6.07) is 6.14. The van der Waals surface area contributed by atoms with Crippen molar-refractivity contribution in [1.29, 1.82) is 0 Å². The molecule has 0 amide bonds. The van der Waals surface area contributed by atoms with Gasteiger partial charge in [-0.2, -0.15) is 0 Å². The molecule has 0 aliphatic heterocycles. The molecule has 0 aromatic carbocycles. The predicted octanol–water partition coefficient (Wildman–Crippen LogP) is 3.57. The molecule has 0 aliphatic rings. The zero-order chi connectivity index (χ0) is 15.7. The average Bonchev–Trinajstić information content (AvgIpc) is 2.39. The minimum atomic E-state index is 0.327. The van der Waals surface area contributed by atoms with E-state index in [1.54, 1.807) is 0 Å². The summed E-state index contributed by atoms with van der Waals surface area (Å²) in [5.41, 5.74) is 1.47. The van der Waals surface area contributed by atoms with Crippen molar-refractivity contribution < 1.29 is 0 Å². The Kier molecular flexibility index (Phi) is 7.91. The van der Waals surface area contributed by atoms with Gasteiger partial charge in [0.15, 0.2) is 0 Å². The summed E-state index contributed by atoms with van der Waals surface area (Å²) in [4.78, 5) is 6.82. The Labute approximate surface area is 131 Å². The highest BCUT2D eigenvalue weighted by atomic mass is 15.1. The molecule has 1 unspecified atom stereocenters. The monoisotopic (exact) mass is 291 g/mol. The lowest BCUT2D eigenvalue weighted by Crippen LogP contribution is -2.41. The molecular formula is C18H33N3. The third-order valence-corrected chi connectivity index (χ3v) is 3.77. The van der Waals surface area contributed by atoms with E-state index in [4.69, 9.17) is 0 Å². The van der Waals surface area contributed by atoms with Crippen LogP contribution in [0.15, 0.2) is 24.4 Å². The second-order valence-electron chi connectivity index (χ2n) is 7.08. The minimum absolute atomic E-state index is 0.327. The summed E-state index contributed by atoms with van der Waals surface area (Å²) < 4.78 is 0. The van der Waals surface area contributed by atoms with E-state index in [9.17, 15) is 0 Å². The van der Waals surface area contributed by atoms with Crippen LogP contribution in [0.4, 0.5) is 0 Å². The van der Waals surface area contributed by atoms with Crippen molar-refractivity contribution in [2.24, 2.45) is 11.3 Å². The van der Waals surface area contributed by atoms with Crippen LogP contribution >= 0.6 is 0 Å². The standard InChI is InChI=1S/C18H33N3/c1-6-10-18(4,14-19-12-16(2)3)15-21(5)13-17-9-7-8-11-20-17/h7-9,11,16,19H,6,10,12-15H2,1-5H3. The molecule has 120 valence electrons. The van der Waals surface area contributed by atoms with E-state index in [1.807, 2.05) is 12.3 Å². The molecule has 0 fully saturated rings. The maximum Gasteiger partial charge on any atom is 0.0543 e. The Morgan fingerprint density at radius 1 is 1.33 bits per heavy atom. The van der Waals surface area contributed by atoms with Crippen molar-refractivity contribution in [3.05, 3.63) is 30.1 Å². The van der Waals surface area contributed by atoms with E-state index in [1.165, 1.54) is 12.8 Å². The third-order valence-electron chi connectivity index (χ3n) is 3.77. The molecule has 1 N–H and O–H groups in total. The van der Waals surface area contributed by atoms with Gasteiger partial charge in [-0.15, -0.1) is 0 Å². The molecule has 3 heteroatoms. The van der Waals surface area contributed by atoms with Gasteiger partial charge in [0.2, 0.25) is 0 Å². The Hall–Kier alpha value is -0.930. The number of pyridine rings is 1. The van der Waals surface area contributed by atoms with E-state index in [-0.39, 0.29) is 0 Å². The van der Waals surface area contributed by atoms with Gasteiger partial charge in [0.05, 0.1) is 5.69 Å². The molecule has 0 bridgehead atoms.